The highest BCUT2D eigenvalue weighted by molar-refractivity contribution is 6.30. The molecular weight excluding hydrogens is 328 g/mol. The second-order valence-corrected chi connectivity index (χ2v) is 6.43. The van der Waals surface area contributed by atoms with Crippen LogP contribution >= 0.6 is 11.6 Å². The van der Waals surface area contributed by atoms with Crippen molar-refractivity contribution in [3.05, 3.63) is 28.8 Å². The van der Waals surface area contributed by atoms with Gasteiger partial charge in [-0.25, -0.2) is 0 Å². The van der Waals surface area contributed by atoms with E-state index in [9.17, 15) is 9.59 Å². The summed E-state index contributed by atoms with van der Waals surface area (Å²) >= 11 is 6.01. The number of hydrogen-bond donors (Lipinski definition) is 0. The number of carbonyl (C=O) groups is 2. The summed E-state index contributed by atoms with van der Waals surface area (Å²) in [4.78, 5) is 28.2. The van der Waals surface area contributed by atoms with Crippen LogP contribution in [-0.4, -0.2) is 54.9 Å². The van der Waals surface area contributed by atoms with E-state index in [1.807, 2.05) is 9.80 Å². The zero-order valence-electron chi connectivity index (χ0n) is 14.4. The van der Waals surface area contributed by atoms with Crippen molar-refractivity contribution < 1.29 is 14.3 Å². The topological polar surface area (TPSA) is 49.9 Å². The molecule has 1 aromatic carbocycles. The van der Waals surface area contributed by atoms with Gasteiger partial charge in [0.2, 0.25) is 11.8 Å². The van der Waals surface area contributed by atoms with Gasteiger partial charge in [-0.05, 0) is 24.6 Å². The lowest BCUT2D eigenvalue weighted by atomic mass is 10.1. The van der Waals surface area contributed by atoms with Gasteiger partial charge in [-0.3, -0.25) is 9.59 Å². The van der Waals surface area contributed by atoms with Crippen LogP contribution in [0.2, 0.25) is 5.02 Å². The molecule has 1 aromatic rings. The van der Waals surface area contributed by atoms with Gasteiger partial charge >= 0.3 is 0 Å². The molecule has 1 aliphatic heterocycles. The minimum Gasteiger partial charge on any atom is -0.496 e. The van der Waals surface area contributed by atoms with Crippen molar-refractivity contribution in [2.45, 2.75) is 32.6 Å². The highest BCUT2D eigenvalue weighted by Crippen LogP contribution is 2.23. The van der Waals surface area contributed by atoms with Crippen LogP contribution < -0.4 is 4.74 Å². The molecule has 1 saturated heterocycles. The number of piperazine rings is 1. The number of nitrogens with zero attached hydrogens (tertiary/aromatic N) is 2. The van der Waals surface area contributed by atoms with Gasteiger partial charge in [0.15, 0.2) is 0 Å². The van der Waals surface area contributed by atoms with Crippen LogP contribution in [0.3, 0.4) is 0 Å². The fraction of sp³-hybridized carbons (Fsp3) is 0.556. The van der Waals surface area contributed by atoms with Crippen molar-refractivity contribution in [3.63, 3.8) is 0 Å². The molecule has 1 aliphatic rings. The number of unbranched alkanes of at least 4 members (excludes halogenated alkanes) is 1. The minimum absolute atomic E-state index is 0.0382. The molecule has 24 heavy (non-hydrogen) atoms. The van der Waals surface area contributed by atoms with Gasteiger partial charge in [-0.1, -0.05) is 24.9 Å². The van der Waals surface area contributed by atoms with E-state index >= 15 is 0 Å². The smallest absolute Gasteiger partial charge is 0.227 e. The molecule has 1 fully saturated rings. The maximum Gasteiger partial charge on any atom is 0.227 e. The van der Waals surface area contributed by atoms with Gasteiger partial charge in [-0.15, -0.1) is 0 Å². The van der Waals surface area contributed by atoms with Crippen LogP contribution in [0.1, 0.15) is 31.7 Å². The Morgan fingerprint density at radius 1 is 1.12 bits per heavy atom. The molecule has 0 radical (unpaired) electrons. The summed E-state index contributed by atoms with van der Waals surface area (Å²) in [5.74, 6) is 0.901. The first-order valence-corrected chi connectivity index (χ1v) is 8.81. The summed E-state index contributed by atoms with van der Waals surface area (Å²) in [6.07, 6.45) is 2.80. The number of rotatable bonds is 6. The van der Waals surface area contributed by atoms with Crippen molar-refractivity contribution in [2.75, 3.05) is 33.3 Å². The molecule has 0 bridgehead atoms. The lowest BCUT2D eigenvalue weighted by Gasteiger charge is -2.35. The predicted octanol–water partition coefficient (Wildman–Crippen LogP) is 2.75. The summed E-state index contributed by atoms with van der Waals surface area (Å²) in [5.41, 5.74) is 0.788. The number of methoxy groups -OCH3 is 1. The highest BCUT2D eigenvalue weighted by atomic mass is 35.5. The first kappa shape index (κ1) is 18.6. The third-order valence-electron chi connectivity index (χ3n) is 4.31. The molecule has 0 spiro atoms. The van der Waals surface area contributed by atoms with Gasteiger partial charge in [0.05, 0.1) is 13.5 Å². The Hall–Kier alpha value is -1.75. The van der Waals surface area contributed by atoms with Crippen LogP contribution in [0.15, 0.2) is 18.2 Å². The maximum atomic E-state index is 12.5. The van der Waals surface area contributed by atoms with Crippen LogP contribution in [0.25, 0.3) is 0 Å². The second kappa shape index (κ2) is 8.92. The lowest BCUT2D eigenvalue weighted by molar-refractivity contribution is -0.139. The molecule has 0 saturated carbocycles. The second-order valence-electron chi connectivity index (χ2n) is 6.00. The summed E-state index contributed by atoms with van der Waals surface area (Å²) in [7, 11) is 1.58. The molecule has 2 rings (SSSR count). The molecule has 132 valence electrons. The molecule has 0 unspecified atom stereocenters. The van der Waals surface area contributed by atoms with E-state index in [-0.39, 0.29) is 18.2 Å². The average Bonchev–Trinajstić information content (AvgIpc) is 2.60. The average molecular weight is 353 g/mol. The van der Waals surface area contributed by atoms with Crippen molar-refractivity contribution in [3.8, 4) is 5.75 Å². The molecule has 0 N–H and O–H groups in total. The van der Waals surface area contributed by atoms with Crippen molar-refractivity contribution >= 4 is 23.4 Å². The number of halogens is 1. The van der Waals surface area contributed by atoms with Gasteiger partial charge in [0, 0.05) is 43.2 Å². The fourth-order valence-electron chi connectivity index (χ4n) is 2.85. The molecule has 2 amide bonds. The van der Waals surface area contributed by atoms with Crippen molar-refractivity contribution in [1.29, 1.82) is 0 Å². The zero-order valence-corrected chi connectivity index (χ0v) is 15.1. The van der Waals surface area contributed by atoms with Crippen LogP contribution in [0.5, 0.6) is 5.75 Å². The van der Waals surface area contributed by atoms with E-state index < -0.39 is 0 Å². The van der Waals surface area contributed by atoms with Gasteiger partial charge < -0.3 is 14.5 Å². The molecule has 0 aliphatic carbocycles. The first-order chi connectivity index (χ1) is 11.5. The van der Waals surface area contributed by atoms with Gasteiger partial charge in [0.25, 0.3) is 0 Å². The number of amides is 2. The molecule has 6 heteroatoms. The normalized spacial score (nSPS) is 14.6. The minimum atomic E-state index is 0.0382. The summed E-state index contributed by atoms with van der Waals surface area (Å²) in [5, 5.41) is 0.588. The van der Waals surface area contributed by atoms with Gasteiger partial charge in [-0.2, -0.15) is 0 Å². The third-order valence-corrected chi connectivity index (χ3v) is 4.55. The molecule has 5 nitrogen and oxygen atoms in total. The largest absolute Gasteiger partial charge is 0.496 e. The highest BCUT2D eigenvalue weighted by Gasteiger charge is 2.24. The quantitative estimate of drug-likeness (QED) is 0.791. The summed E-state index contributed by atoms with van der Waals surface area (Å²) in [6.45, 7) is 4.47. The molecular formula is C18H25ClN2O3. The molecule has 0 atom stereocenters. The third kappa shape index (κ3) is 4.87. The Bertz CT molecular complexity index is 584. The van der Waals surface area contributed by atoms with E-state index in [1.165, 1.54) is 0 Å². The van der Waals surface area contributed by atoms with E-state index in [0.717, 1.165) is 18.4 Å². The van der Waals surface area contributed by atoms with Crippen LogP contribution in [0.4, 0.5) is 0 Å². The van der Waals surface area contributed by atoms with Crippen LogP contribution in [-0.2, 0) is 16.0 Å². The number of hydrogen-bond acceptors (Lipinski definition) is 3. The Morgan fingerprint density at radius 3 is 2.33 bits per heavy atom. The number of ether oxygens (including phenoxy) is 1. The summed E-state index contributed by atoms with van der Waals surface area (Å²) < 4.78 is 5.29. The Kier molecular flexibility index (Phi) is 6.91. The molecule has 1 heterocycles. The van der Waals surface area contributed by atoms with Crippen LogP contribution in [0, 0.1) is 0 Å². The standard InChI is InChI=1S/C18H25ClN2O3/c1-3-4-5-17(22)20-8-10-21(11-9-20)18(23)13-14-12-15(19)6-7-16(14)24-2/h6-7,12H,3-5,8-11,13H2,1-2H3. The van der Waals surface area contributed by atoms with E-state index in [0.29, 0.717) is 43.4 Å². The predicted molar refractivity (Wildman–Crippen MR) is 94.4 cm³/mol. The van der Waals surface area contributed by atoms with E-state index in [4.69, 9.17) is 16.3 Å². The Labute approximate surface area is 148 Å². The van der Waals surface area contributed by atoms with Gasteiger partial charge in [0.1, 0.15) is 5.75 Å². The fourth-order valence-corrected chi connectivity index (χ4v) is 3.05. The maximum absolute atomic E-state index is 12.5. The first-order valence-electron chi connectivity index (χ1n) is 8.43. The van der Waals surface area contributed by atoms with Crippen molar-refractivity contribution in [2.24, 2.45) is 0 Å². The monoisotopic (exact) mass is 352 g/mol. The number of carbonyl (C=O) groups excluding carboxylic acids is 2. The zero-order chi connectivity index (χ0) is 17.5. The van der Waals surface area contributed by atoms with E-state index in [1.54, 1.807) is 25.3 Å². The van der Waals surface area contributed by atoms with E-state index in [2.05, 4.69) is 6.92 Å². The van der Waals surface area contributed by atoms with Crippen molar-refractivity contribution in [1.82, 2.24) is 9.80 Å². The SMILES string of the molecule is CCCCC(=O)N1CCN(C(=O)Cc2cc(Cl)ccc2OC)CC1. The summed E-state index contributed by atoms with van der Waals surface area (Å²) in [6, 6.07) is 5.28. The number of benzene rings is 1. The Morgan fingerprint density at radius 2 is 1.75 bits per heavy atom. The lowest BCUT2D eigenvalue weighted by Crippen LogP contribution is -2.50. The molecule has 0 aromatic heterocycles. The Balaban J connectivity index is 1.89.